The Morgan fingerprint density at radius 3 is 2.38 bits per heavy atom. The summed E-state index contributed by atoms with van der Waals surface area (Å²) in [6, 6.07) is 30.2. The van der Waals surface area contributed by atoms with E-state index in [-0.39, 0.29) is 0 Å². The number of benzene rings is 3. The third kappa shape index (κ3) is 5.35. The van der Waals surface area contributed by atoms with E-state index in [2.05, 4.69) is 35.7 Å². The molecule has 26 heavy (non-hydrogen) atoms. The van der Waals surface area contributed by atoms with Gasteiger partial charge in [-0.1, -0.05) is 72.4 Å². The summed E-state index contributed by atoms with van der Waals surface area (Å²) in [5.74, 6) is 0. The van der Waals surface area contributed by atoms with Crippen LogP contribution >= 0.6 is 11.8 Å². The Bertz CT molecular complexity index is 898. The zero-order chi connectivity index (χ0) is 18.0. The molecule has 0 aliphatic carbocycles. The molecule has 0 N–H and O–H groups in total. The minimum atomic E-state index is 0.482. The van der Waals surface area contributed by atoms with E-state index in [0.717, 1.165) is 16.7 Å². The average Bonchev–Trinajstić information content (AvgIpc) is 2.72. The summed E-state index contributed by atoms with van der Waals surface area (Å²) in [5.41, 5.74) is 3.95. The first-order chi connectivity index (χ1) is 12.8. The third-order valence-corrected chi connectivity index (χ3v) is 4.75. The Labute approximate surface area is 158 Å². The van der Waals surface area contributed by atoms with Gasteiger partial charge in [0.05, 0.1) is 24.8 Å². The molecule has 0 amide bonds. The maximum absolute atomic E-state index is 9.00. The lowest BCUT2D eigenvalue weighted by Crippen LogP contribution is -1.99. The second-order valence-corrected chi connectivity index (χ2v) is 6.69. The summed E-state index contributed by atoms with van der Waals surface area (Å²) in [6.45, 7) is 0.996. The normalized spacial score (nSPS) is 11.1. The number of ether oxygens (including phenoxy) is 1. The van der Waals surface area contributed by atoms with Crippen molar-refractivity contribution in [2.24, 2.45) is 0 Å². The van der Waals surface area contributed by atoms with Gasteiger partial charge in [-0.15, -0.1) is 0 Å². The summed E-state index contributed by atoms with van der Waals surface area (Å²) in [5, 5.41) is 11.1. The zero-order valence-corrected chi connectivity index (χ0v) is 15.2. The molecule has 0 saturated heterocycles. The van der Waals surface area contributed by atoms with Crippen molar-refractivity contribution in [3.63, 3.8) is 0 Å². The van der Waals surface area contributed by atoms with Gasteiger partial charge < -0.3 is 4.74 Å². The highest BCUT2D eigenvalue weighted by Crippen LogP contribution is 2.25. The standard InChI is InChI=1S/C23H19NOS/c24-15-19-8-7-9-20(14-19)16-25-17-22(21-10-3-1-4-11-21)18-26-23-12-5-2-6-13-23/h1-14,18H,16-17H2/b22-18-. The molecule has 0 heterocycles. The molecule has 0 aliphatic heterocycles. The monoisotopic (exact) mass is 357 g/mol. The van der Waals surface area contributed by atoms with Crippen LogP contribution in [0.4, 0.5) is 0 Å². The van der Waals surface area contributed by atoms with Gasteiger partial charge in [0.2, 0.25) is 0 Å². The van der Waals surface area contributed by atoms with Gasteiger partial charge in [-0.05, 0) is 46.4 Å². The van der Waals surface area contributed by atoms with E-state index in [1.807, 2.05) is 54.6 Å². The van der Waals surface area contributed by atoms with Gasteiger partial charge in [0.1, 0.15) is 0 Å². The molecule has 0 bridgehead atoms. The minimum absolute atomic E-state index is 0.482. The van der Waals surface area contributed by atoms with Crippen LogP contribution in [0.25, 0.3) is 5.57 Å². The number of nitrogens with zero attached hydrogens (tertiary/aromatic N) is 1. The van der Waals surface area contributed by atoms with E-state index in [1.54, 1.807) is 17.8 Å². The first-order valence-electron chi connectivity index (χ1n) is 8.38. The lowest BCUT2D eigenvalue weighted by molar-refractivity contribution is 0.153. The predicted octanol–water partition coefficient (Wildman–Crippen LogP) is 5.91. The summed E-state index contributed by atoms with van der Waals surface area (Å²) >= 11 is 1.69. The molecule has 0 radical (unpaired) electrons. The second-order valence-electron chi connectivity index (χ2n) is 5.74. The van der Waals surface area contributed by atoms with Gasteiger partial charge in [0, 0.05) is 4.90 Å². The predicted molar refractivity (Wildman–Crippen MR) is 108 cm³/mol. The van der Waals surface area contributed by atoms with Crippen molar-refractivity contribution >= 4 is 17.3 Å². The molecule has 3 aromatic rings. The van der Waals surface area contributed by atoms with Gasteiger partial charge in [0.15, 0.2) is 0 Å². The maximum atomic E-state index is 9.00. The number of thioether (sulfide) groups is 1. The number of hydrogen-bond acceptors (Lipinski definition) is 3. The molecule has 2 nitrogen and oxygen atoms in total. The van der Waals surface area contributed by atoms with Crippen molar-refractivity contribution in [3.05, 3.63) is 107 Å². The van der Waals surface area contributed by atoms with Gasteiger partial charge in [-0.3, -0.25) is 0 Å². The van der Waals surface area contributed by atoms with Crippen molar-refractivity contribution in [1.29, 1.82) is 5.26 Å². The zero-order valence-electron chi connectivity index (χ0n) is 14.3. The minimum Gasteiger partial charge on any atom is -0.372 e. The SMILES string of the molecule is N#Cc1cccc(COC/C(=C/Sc2ccccc2)c2ccccc2)c1. The van der Waals surface area contributed by atoms with Crippen molar-refractivity contribution < 1.29 is 4.74 Å². The van der Waals surface area contributed by atoms with Crippen LogP contribution in [0.1, 0.15) is 16.7 Å². The van der Waals surface area contributed by atoms with Crippen LogP contribution < -0.4 is 0 Å². The second kappa shape index (κ2) is 9.62. The molecule has 3 heteroatoms. The first-order valence-corrected chi connectivity index (χ1v) is 9.26. The molecule has 0 unspecified atom stereocenters. The lowest BCUT2D eigenvalue weighted by Gasteiger charge is -2.10. The average molecular weight is 357 g/mol. The van der Waals surface area contributed by atoms with Crippen molar-refractivity contribution in [3.8, 4) is 6.07 Å². The molecule has 3 rings (SSSR count). The van der Waals surface area contributed by atoms with Crippen LogP contribution in [0, 0.1) is 11.3 Å². The highest BCUT2D eigenvalue weighted by molar-refractivity contribution is 8.02. The number of hydrogen-bond donors (Lipinski definition) is 0. The van der Waals surface area contributed by atoms with Crippen LogP contribution in [-0.4, -0.2) is 6.61 Å². The Morgan fingerprint density at radius 1 is 0.923 bits per heavy atom. The summed E-state index contributed by atoms with van der Waals surface area (Å²) < 4.78 is 5.93. The quantitative estimate of drug-likeness (QED) is 0.493. The van der Waals surface area contributed by atoms with Crippen LogP contribution in [0.3, 0.4) is 0 Å². The molecule has 0 saturated carbocycles. The highest BCUT2D eigenvalue weighted by atomic mass is 32.2. The van der Waals surface area contributed by atoms with E-state index in [4.69, 9.17) is 10.00 Å². The fourth-order valence-corrected chi connectivity index (χ4v) is 3.28. The summed E-state index contributed by atoms with van der Waals surface area (Å²) in [4.78, 5) is 1.20. The van der Waals surface area contributed by atoms with Crippen LogP contribution in [0.15, 0.2) is 95.2 Å². The summed E-state index contributed by atoms with van der Waals surface area (Å²) in [6.07, 6.45) is 0. The van der Waals surface area contributed by atoms with Crippen molar-refractivity contribution in [2.45, 2.75) is 11.5 Å². The van der Waals surface area contributed by atoms with Crippen LogP contribution in [-0.2, 0) is 11.3 Å². The number of nitriles is 1. The summed E-state index contributed by atoms with van der Waals surface area (Å²) in [7, 11) is 0. The Balaban J connectivity index is 1.68. The first kappa shape index (κ1) is 18.0. The largest absolute Gasteiger partial charge is 0.372 e. The van der Waals surface area contributed by atoms with E-state index in [1.165, 1.54) is 4.90 Å². The lowest BCUT2D eigenvalue weighted by atomic mass is 10.1. The van der Waals surface area contributed by atoms with E-state index >= 15 is 0 Å². The van der Waals surface area contributed by atoms with Crippen molar-refractivity contribution in [2.75, 3.05) is 6.61 Å². The van der Waals surface area contributed by atoms with Crippen LogP contribution in [0.5, 0.6) is 0 Å². The smallest absolute Gasteiger partial charge is 0.0991 e. The number of rotatable bonds is 7. The molecule has 128 valence electrons. The fraction of sp³-hybridized carbons (Fsp3) is 0.0870. The van der Waals surface area contributed by atoms with Crippen molar-refractivity contribution in [1.82, 2.24) is 0 Å². The van der Waals surface area contributed by atoms with E-state index < -0.39 is 0 Å². The molecule has 0 aromatic heterocycles. The fourth-order valence-electron chi connectivity index (χ4n) is 2.49. The van der Waals surface area contributed by atoms with E-state index in [0.29, 0.717) is 18.8 Å². The topological polar surface area (TPSA) is 33.0 Å². The highest BCUT2D eigenvalue weighted by Gasteiger charge is 2.03. The Morgan fingerprint density at radius 2 is 1.65 bits per heavy atom. The molecule has 0 fully saturated rings. The maximum Gasteiger partial charge on any atom is 0.0991 e. The Kier molecular flexibility index (Phi) is 6.66. The van der Waals surface area contributed by atoms with E-state index in [9.17, 15) is 0 Å². The van der Waals surface area contributed by atoms with Gasteiger partial charge >= 0.3 is 0 Å². The van der Waals surface area contributed by atoms with Gasteiger partial charge in [0.25, 0.3) is 0 Å². The molecular weight excluding hydrogens is 338 g/mol. The molecule has 0 aliphatic rings. The third-order valence-electron chi connectivity index (χ3n) is 3.81. The molecular formula is C23H19NOS. The van der Waals surface area contributed by atoms with Gasteiger partial charge in [-0.2, -0.15) is 5.26 Å². The molecule has 0 spiro atoms. The Hall–Kier alpha value is -2.80. The van der Waals surface area contributed by atoms with Gasteiger partial charge in [-0.25, -0.2) is 0 Å². The molecule has 0 atom stereocenters. The van der Waals surface area contributed by atoms with Crippen LogP contribution in [0.2, 0.25) is 0 Å². The molecule has 3 aromatic carbocycles.